The Labute approximate surface area is 198 Å². The summed E-state index contributed by atoms with van der Waals surface area (Å²) >= 11 is 0. The minimum atomic E-state index is -0.807. The number of alkyl carbamates (subject to hydrolysis) is 1. The number of fused-ring (bicyclic) bond motifs is 3. The first kappa shape index (κ1) is 22.4. The Morgan fingerprint density at radius 3 is 2.15 bits per heavy atom. The lowest BCUT2D eigenvalue weighted by Crippen LogP contribution is -2.53. The molecule has 34 heavy (non-hydrogen) atoms. The van der Waals surface area contributed by atoms with E-state index in [-0.39, 0.29) is 42.4 Å². The number of benzene rings is 2. The second-order valence-corrected chi connectivity index (χ2v) is 9.68. The standard InChI is InChI=1S/C27H30N2O5/c30-25(28-17-13-16(14-17)26(31)32)22-11-5-6-12-24(22)29-27(33)34-15-23-20-9-3-1-7-18(20)19-8-2-4-10-21(19)23/h1-4,7-10,16-17,22-24H,5-6,11-15H2,(H,28,30)(H,29,33)(H,31,32). The molecule has 0 radical (unpaired) electrons. The molecule has 178 valence electrons. The van der Waals surface area contributed by atoms with E-state index in [4.69, 9.17) is 9.84 Å². The summed E-state index contributed by atoms with van der Waals surface area (Å²) < 4.78 is 5.68. The second kappa shape index (κ2) is 9.49. The van der Waals surface area contributed by atoms with Gasteiger partial charge in [0.2, 0.25) is 5.91 Å². The van der Waals surface area contributed by atoms with Crippen LogP contribution in [0.5, 0.6) is 0 Å². The third-order valence-corrected chi connectivity index (χ3v) is 7.58. The van der Waals surface area contributed by atoms with Gasteiger partial charge in [-0.25, -0.2) is 4.79 Å². The lowest BCUT2D eigenvalue weighted by Gasteiger charge is -2.36. The van der Waals surface area contributed by atoms with Crippen molar-refractivity contribution in [1.29, 1.82) is 0 Å². The first-order chi connectivity index (χ1) is 16.5. The van der Waals surface area contributed by atoms with Crippen molar-refractivity contribution < 1.29 is 24.2 Å². The number of ether oxygens (including phenoxy) is 1. The largest absolute Gasteiger partial charge is 0.481 e. The van der Waals surface area contributed by atoms with Gasteiger partial charge in [-0.05, 0) is 47.9 Å². The maximum atomic E-state index is 12.9. The van der Waals surface area contributed by atoms with Crippen molar-refractivity contribution in [3.05, 3.63) is 59.7 Å². The Kier molecular flexibility index (Phi) is 6.26. The van der Waals surface area contributed by atoms with Gasteiger partial charge in [0.05, 0.1) is 11.8 Å². The van der Waals surface area contributed by atoms with E-state index in [9.17, 15) is 14.4 Å². The molecule has 2 saturated carbocycles. The summed E-state index contributed by atoms with van der Waals surface area (Å²) in [6, 6.07) is 16.0. The van der Waals surface area contributed by atoms with E-state index in [1.54, 1.807) is 0 Å². The van der Waals surface area contributed by atoms with Gasteiger partial charge in [0, 0.05) is 18.0 Å². The summed E-state index contributed by atoms with van der Waals surface area (Å²) in [6.07, 6.45) is 3.75. The van der Waals surface area contributed by atoms with Gasteiger partial charge in [0.1, 0.15) is 6.61 Å². The molecule has 2 fully saturated rings. The van der Waals surface area contributed by atoms with Crippen LogP contribution in [0.1, 0.15) is 55.6 Å². The predicted molar refractivity (Wildman–Crippen MR) is 126 cm³/mol. The van der Waals surface area contributed by atoms with Crippen LogP contribution in [0.4, 0.5) is 4.79 Å². The summed E-state index contributed by atoms with van der Waals surface area (Å²) in [6.45, 7) is 0.238. The van der Waals surface area contributed by atoms with Crippen molar-refractivity contribution in [2.24, 2.45) is 11.8 Å². The Hall–Kier alpha value is -3.35. The number of hydrogen-bond acceptors (Lipinski definition) is 4. The molecule has 7 heteroatoms. The molecule has 3 N–H and O–H groups in total. The maximum absolute atomic E-state index is 12.9. The molecule has 2 unspecified atom stereocenters. The van der Waals surface area contributed by atoms with Crippen molar-refractivity contribution in [3.8, 4) is 11.1 Å². The number of rotatable bonds is 6. The Morgan fingerprint density at radius 1 is 0.882 bits per heavy atom. The number of carboxylic acid groups (broad SMARTS) is 1. The molecule has 0 spiro atoms. The molecule has 0 aliphatic heterocycles. The Bertz CT molecular complexity index is 1050. The van der Waals surface area contributed by atoms with Crippen LogP contribution < -0.4 is 10.6 Å². The highest BCUT2D eigenvalue weighted by molar-refractivity contribution is 5.82. The van der Waals surface area contributed by atoms with Gasteiger partial charge in [-0.2, -0.15) is 0 Å². The van der Waals surface area contributed by atoms with Gasteiger partial charge in [0.15, 0.2) is 0 Å². The highest BCUT2D eigenvalue weighted by atomic mass is 16.5. The monoisotopic (exact) mass is 462 g/mol. The van der Waals surface area contributed by atoms with E-state index in [1.807, 2.05) is 24.3 Å². The van der Waals surface area contributed by atoms with Crippen molar-refractivity contribution in [1.82, 2.24) is 10.6 Å². The number of carboxylic acids is 1. The molecule has 5 rings (SSSR count). The van der Waals surface area contributed by atoms with Crippen LogP contribution in [0.25, 0.3) is 11.1 Å². The highest BCUT2D eigenvalue weighted by Gasteiger charge is 2.39. The van der Waals surface area contributed by atoms with E-state index in [2.05, 4.69) is 34.9 Å². The molecule has 2 amide bonds. The molecule has 3 aliphatic carbocycles. The van der Waals surface area contributed by atoms with Gasteiger partial charge < -0.3 is 20.5 Å². The number of carbonyl (C=O) groups excluding carboxylic acids is 2. The summed E-state index contributed by atoms with van der Waals surface area (Å²) in [4.78, 5) is 36.6. The molecular weight excluding hydrogens is 432 g/mol. The van der Waals surface area contributed by atoms with Crippen LogP contribution in [0.3, 0.4) is 0 Å². The fraction of sp³-hybridized carbons (Fsp3) is 0.444. The average molecular weight is 463 g/mol. The van der Waals surface area contributed by atoms with Crippen molar-refractivity contribution in [2.45, 2.75) is 56.5 Å². The summed E-state index contributed by atoms with van der Waals surface area (Å²) in [5.41, 5.74) is 4.67. The number of aliphatic carboxylic acids is 1. The molecule has 0 heterocycles. The van der Waals surface area contributed by atoms with Crippen molar-refractivity contribution in [3.63, 3.8) is 0 Å². The SMILES string of the molecule is O=C(NC1CCCCC1C(=O)NC1CC(C(=O)O)C1)OCC1c2ccccc2-c2ccccc21. The zero-order valence-electron chi connectivity index (χ0n) is 19.0. The number of carbonyl (C=O) groups is 3. The molecular formula is C27H30N2O5. The zero-order valence-corrected chi connectivity index (χ0v) is 19.0. The Balaban J connectivity index is 1.18. The summed E-state index contributed by atoms with van der Waals surface area (Å²) in [5.74, 6) is -1.61. The fourth-order valence-electron chi connectivity index (χ4n) is 5.65. The minimum absolute atomic E-state index is 0.00982. The zero-order chi connectivity index (χ0) is 23.7. The molecule has 0 aromatic heterocycles. The first-order valence-electron chi connectivity index (χ1n) is 12.2. The molecule has 3 aliphatic rings. The molecule has 2 atom stereocenters. The highest BCUT2D eigenvalue weighted by Crippen LogP contribution is 2.44. The van der Waals surface area contributed by atoms with Gasteiger partial charge in [-0.15, -0.1) is 0 Å². The molecule has 0 saturated heterocycles. The Morgan fingerprint density at radius 2 is 1.50 bits per heavy atom. The molecule has 0 bridgehead atoms. The smallest absolute Gasteiger partial charge is 0.407 e. The fourth-order valence-corrected chi connectivity index (χ4v) is 5.65. The third-order valence-electron chi connectivity index (χ3n) is 7.58. The van der Waals surface area contributed by atoms with Crippen molar-refractivity contribution in [2.75, 3.05) is 6.61 Å². The van der Waals surface area contributed by atoms with Crippen LogP contribution in [0, 0.1) is 11.8 Å². The quantitative estimate of drug-likeness (QED) is 0.600. The lowest BCUT2D eigenvalue weighted by atomic mass is 9.79. The third kappa shape index (κ3) is 4.39. The van der Waals surface area contributed by atoms with Crippen LogP contribution in [0.15, 0.2) is 48.5 Å². The second-order valence-electron chi connectivity index (χ2n) is 9.68. The first-order valence-corrected chi connectivity index (χ1v) is 12.2. The van der Waals surface area contributed by atoms with Crippen LogP contribution in [0.2, 0.25) is 0 Å². The van der Waals surface area contributed by atoms with Gasteiger partial charge >= 0.3 is 12.1 Å². The molecule has 7 nitrogen and oxygen atoms in total. The minimum Gasteiger partial charge on any atom is -0.481 e. The maximum Gasteiger partial charge on any atom is 0.407 e. The van der Waals surface area contributed by atoms with E-state index in [0.29, 0.717) is 19.3 Å². The van der Waals surface area contributed by atoms with Gasteiger partial charge in [0.25, 0.3) is 0 Å². The van der Waals surface area contributed by atoms with E-state index >= 15 is 0 Å². The topological polar surface area (TPSA) is 105 Å². The van der Waals surface area contributed by atoms with E-state index < -0.39 is 12.1 Å². The molecule has 2 aromatic carbocycles. The van der Waals surface area contributed by atoms with Crippen LogP contribution >= 0.6 is 0 Å². The number of nitrogens with one attached hydrogen (secondary N) is 2. The predicted octanol–water partition coefficient (Wildman–Crippen LogP) is 4.06. The van der Waals surface area contributed by atoms with Crippen molar-refractivity contribution >= 4 is 18.0 Å². The normalized spacial score (nSPS) is 25.4. The number of hydrogen-bond donors (Lipinski definition) is 3. The van der Waals surface area contributed by atoms with Crippen LogP contribution in [-0.2, 0) is 14.3 Å². The summed E-state index contributed by atoms with van der Waals surface area (Å²) in [7, 11) is 0. The summed E-state index contributed by atoms with van der Waals surface area (Å²) in [5, 5.41) is 15.0. The van der Waals surface area contributed by atoms with E-state index in [0.717, 1.165) is 30.4 Å². The van der Waals surface area contributed by atoms with Gasteiger partial charge in [-0.3, -0.25) is 9.59 Å². The number of amides is 2. The van der Waals surface area contributed by atoms with Gasteiger partial charge in [-0.1, -0.05) is 61.4 Å². The average Bonchev–Trinajstić information content (AvgIpc) is 3.13. The lowest BCUT2D eigenvalue weighted by molar-refractivity contribution is -0.146. The van der Waals surface area contributed by atoms with Crippen LogP contribution in [-0.4, -0.2) is 41.8 Å². The molecule has 2 aromatic rings. The van der Waals surface area contributed by atoms with E-state index in [1.165, 1.54) is 11.1 Å².